The smallest absolute Gasteiger partial charge is 0.120 e. The van der Waals surface area contributed by atoms with Gasteiger partial charge in [0.25, 0.3) is 0 Å². The largest absolute Gasteiger partial charge is 0.491 e. The Hall–Kier alpha value is -2.76. The maximum Gasteiger partial charge on any atom is 0.120 e. The zero-order valence-electron chi connectivity index (χ0n) is 17.7. The number of anilines is 2. The molecule has 2 aliphatic rings. The summed E-state index contributed by atoms with van der Waals surface area (Å²) in [6.45, 7) is 10.9. The van der Waals surface area contributed by atoms with E-state index in [9.17, 15) is 5.11 Å². The van der Waals surface area contributed by atoms with Crippen molar-refractivity contribution in [2.24, 2.45) is 0 Å². The van der Waals surface area contributed by atoms with E-state index in [0.717, 1.165) is 55.3 Å². The zero-order valence-corrected chi connectivity index (χ0v) is 17.7. The number of hydrogen-bond acceptors (Lipinski definition) is 5. The molecule has 5 nitrogen and oxygen atoms in total. The molecular weight excluding hydrogens is 374 g/mol. The second-order valence-corrected chi connectivity index (χ2v) is 8.01. The molecule has 0 aliphatic carbocycles. The number of aliphatic hydroxyl groups is 1. The van der Waals surface area contributed by atoms with Crippen molar-refractivity contribution in [1.82, 2.24) is 4.90 Å². The first-order valence-corrected chi connectivity index (χ1v) is 10.8. The van der Waals surface area contributed by atoms with Crippen LogP contribution in [-0.4, -0.2) is 55.4 Å². The van der Waals surface area contributed by atoms with Gasteiger partial charge in [0.15, 0.2) is 0 Å². The second-order valence-electron chi connectivity index (χ2n) is 8.01. The van der Waals surface area contributed by atoms with Crippen LogP contribution < -0.4 is 15.0 Å². The van der Waals surface area contributed by atoms with Crippen LogP contribution in [0.25, 0.3) is 6.08 Å². The molecular formula is C25H31N3O2. The summed E-state index contributed by atoms with van der Waals surface area (Å²) in [6.07, 6.45) is 4.53. The molecule has 5 heteroatoms. The van der Waals surface area contributed by atoms with Crippen molar-refractivity contribution >= 4 is 17.5 Å². The quantitative estimate of drug-likeness (QED) is 0.735. The van der Waals surface area contributed by atoms with Crippen LogP contribution in [0.1, 0.15) is 18.1 Å². The van der Waals surface area contributed by atoms with Gasteiger partial charge in [0.1, 0.15) is 18.5 Å². The molecule has 2 N–H and O–H groups in total. The van der Waals surface area contributed by atoms with Crippen LogP contribution in [0, 0.1) is 0 Å². The minimum atomic E-state index is -0.509. The van der Waals surface area contributed by atoms with E-state index < -0.39 is 6.10 Å². The van der Waals surface area contributed by atoms with Crippen LogP contribution in [0.4, 0.5) is 11.4 Å². The van der Waals surface area contributed by atoms with Crippen molar-refractivity contribution in [3.05, 3.63) is 71.9 Å². The number of nitrogens with zero attached hydrogens (tertiary/aromatic N) is 2. The lowest BCUT2D eigenvalue weighted by atomic mass is 10.1. The Morgan fingerprint density at radius 3 is 2.57 bits per heavy atom. The summed E-state index contributed by atoms with van der Waals surface area (Å²) < 4.78 is 5.84. The van der Waals surface area contributed by atoms with Crippen molar-refractivity contribution < 1.29 is 9.84 Å². The van der Waals surface area contributed by atoms with E-state index in [-0.39, 0.29) is 0 Å². The normalized spacial score (nSPS) is 17.4. The maximum atomic E-state index is 10.5. The highest BCUT2D eigenvalue weighted by Crippen LogP contribution is 2.28. The van der Waals surface area contributed by atoms with Crippen LogP contribution in [0.2, 0.25) is 0 Å². The number of aryl methyl sites for hydroxylation is 1. The number of β-amino-alcohol motifs (C(OH)–C–C–N with tert-alkyl or cyclic N) is 1. The van der Waals surface area contributed by atoms with E-state index in [4.69, 9.17) is 4.74 Å². The molecule has 0 unspecified atom stereocenters. The van der Waals surface area contributed by atoms with Gasteiger partial charge >= 0.3 is 0 Å². The van der Waals surface area contributed by atoms with Crippen molar-refractivity contribution in [2.75, 3.05) is 49.5 Å². The second kappa shape index (κ2) is 9.37. The number of nitrogens with one attached hydrogen (secondary N) is 1. The lowest BCUT2D eigenvalue weighted by molar-refractivity contribution is 0.0663. The van der Waals surface area contributed by atoms with E-state index in [1.54, 1.807) is 0 Å². The molecule has 1 atom stereocenters. The molecule has 0 radical (unpaired) electrons. The molecule has 1 saturated heterocycles. The Bertz CT molecular complexity index is 899. The highest BCUT2D eigenvalue weighted by Gasteiger charge is 2.20. The minimum absolute atomic E-state index is 0.293. The Balaban J connectivity index is 1.22. The highest BCUT2D eigenvalue weighted by molar-refractivity contribution is 5.75. The molecule has 2 aromatic rings. The molecule has 158 valence electrons. The summed E-state index contributed by atoms with van der Waals surface area (Å²) in [6, 6.07) is 14.8. The molecule has 4 rings (SSSR count). The maximum absolute atomic E-state index is 10.5. The third kappa shape index (κ3) is 5.04. The minimum Gasteiger partial charge on any atom is -0.491 e. The Labute approximate surface area is 179 Å². The van der Waals surface area contributed by atoms with E-state index in [2.05, 4.69) is 52.9 Å². The molecule has 2 aliphatic heterocycles. The summed E-state index contributed by atoms with van der Waals surface area (Å²) in [4.78, 5) is 4.73. The first kappa shape index (κ1) is 20.5. The lowest BCUT2D eigenvalue weighted by Crippen LogP contribution is -2.49. The van der Waals surface area contributed by atoms with Gasteiger partial charge in [0, 0.05) is 55.4 Å². The molecule has 2 heterocycles. The fourth-order valence-corrected chi connectivity index (χ4v) is 3.96. The summed E-state index contributed by atoms with van der Waals surface area (Å²) in [5.74, 6) is 0.770. The summed E-state index contributed by atoms with van der Waals surface area (Å²) >= 11 is 0. The molecule has 1 fully saturated rings. The predicted molar refractivity (Wildman–Crippen MR) is 124 cm³/mol. The number of aliphatic hydroxyl groups excluding tert-OH is 1. The Morgan fingerprint density at radius 1 is 1.07 bits per heavy atom. The van der Waals surface area contributed by atoms with Gasteiger partial charge in [0.2, 0.25) is 0 Å². The fourth-order valence-electron chi connectivity index (χ4n) is 3.96. The number of hydrogen-bond donors (Lipinski definition) is 2. The Morgan fingerprint density at radius 2 is 1.83 bits per heavy atom. The average molecular weight is 406 g/mol. The number of benzene rings is 2. The predicted octanol–water partition coefficient (Wildman–Crippen LogP) is 3.76. The van der Waals surface area contributed by atoms with E-state index in [1.165, 1.54) is 11.3 Å². The van der Waals surface area contributed by atoms with Crippen molar-refractivity contribution in [1.29, 1.82) is 0 Å². The van der Waals surface area contributed by atoms with E-state index in [0.29, 0.717) is 13.2 Å². The number of fused-ring (bicyclic) bond motifs is 1. The van der Waals surface area contributed by atoms with Gasteiger partial charge in [-0.15, -0.1) is 0 Å². The number of rotatable bonds is 7. The summed E-state index contributed by atoms with van der Waals surface area (Å²) in [5.41, 5.74) is 5.63. The molecule has 0 amide bonds. The molecule has 0 spiro atoms. The zero-order chi connectivity index (χ0) is 20.9. The molecule has 0 bridgehead atoms. The van der Waals surface area contributed by atoms with Crippen LogP contribution >= 0.6 is 0 Å². The first-order chi connectivity index (χ1) is 14.6. The van der Waals surface area contributed by atoms with Crippen molar-refractivity contribution in [2.45, 2.75) is 19.4 Å². The highest BCUT2D eigenvalue weighted by atomic mass is 16.5. The molecule has 30 heavy (non-hydrogen) atoms. The summed E-state index contributed by atoms with van der Waals surface area (Å²) in [7, 11) is 0. The average Bonchev–Trinajstić information content (AvgIpc) is 2.78. The first-order valence-electron chi connectivity index (χ1n) is 10.8. The van der Waals surface area contributed by atoms with Crippen molar-refractivity contribution in [3.8, 4) is 5.75 Å². The SMILES string of the molecule is C=C1C=Cc2cc(OC[C@@H](O)CN3CCN(c4ccc(CC)cc4)CC3)ccc2N1. The third-order valence-corrected chi connectivity index (χ3v) is 5.78. The van der Waals surface area contributed by atoms with Gasteiger partial charge in [-0.25, -0.2) is 0 Å². The third-order valence-electron chi connectivity index (χ3n) is 5.78. The Kier molecular flexibility index (Phi) is 6.41. The van der Waals surface area contributed by atoms with Gasteiger partial charge in [0.05, 0.1) is 0 Å². The lowest BCUT2D eigenvalue weighted by Gasteiger charge is -2.37. The van der Waals surface area contributed by atoms with Crippen LogP contribution in [-0.2, 0) is 6.42 Å². The van der Waals surface area contributed by atoms with Gasteiger partial charge in [-0.3, -0.25) is 4.90 Å². The van der Waals surface area contributed by atoms with Crippen molar-refractivity contribution in [3.63, 3.8) is 0 Å². The molecule has 0 aromatic heterocycles. The van der Waals surface area contributed by atoms with Gasteiger partial charge in [-0.1, -0.05) is 31.7 Å². The van der Waals surface area contributed by atoms with Crippen LogP contribution in [0.3, 0.4) is 0 Å². The summed E-state index contributed by atoms with van der Waals surface area (Å²) in [5, 5.41) is 13.7. The monoisotopic (exact) mass is 405 g/mol. The molecule has 2 aromatic carbocycles. The van der Waals surface area contributed by atoms with E-state index >= 15 is 0 Å². The standard InChI is InChI=1S/C25H31N3O2/c1-3-20-5-8-22(9-6-20)28-14-12-27(13-15-28)17-23(29)18-30-24-10-11-25-21(16-24)7-4-19(2)26-25/h4-11,16,23,26,29H,2-3,12-15,17-18H2,1H3/t23-/m0/s1. The van der Waals surface area contributed by atoms with Crippen LogP contribution in [0.5, 0.6) is 5.75 Å². The number of piperazine rings is 1. The van der Waals surface area contributed by atoms with Gasteiger partial charge in [-0.2, -0.15) is 0 Å². The number of allylic oxidation sites excluding steroid dienone is 1. The van der Waals surface area contributed by atoms with Gasteiger partial charge < -0.3 is 20.1 Å². The molecule has 0 saturated carbocycles. The topological polar surface area (TPSA) is 48.0 Å². The van der Waals surface area contributed by atoms with Crippen LogP contribution in [0.15, 0.2) is 60.8 Å². The fraction of sp³-hybridized carbons (Fsp3) is 0.360. The van der Waals surface area contributed by atoms with Gasteiger partial charge in [-0.05, 0) is 48.4 Å². The number of ether oxygens (including phenoxy) is 1. The van der Waals surface area contributed by atoms with E-state index in [1.807, 2.05) is 30.4 Å².